The van der Waals surface area contributed by atoms with E-state index in [0.717, 1.165) is 34.9 Å². The van der Waals surface area contributed by atoms with Crippen molar-refractivity contribution in [2.45, 2.75) is 30.1 Å². The van der Waals surface area contributed by atoms with Gasteiger partial charge in [-0.05, 0) is 135 Å². The zero-order valence-corrected chi connectivity index (χ0v) is 41.5. The molecular weight excluding hydrogens is 901 g/mol. The van der Waals surface area contributed by atoms with Crippen molar-refractivity contribution in [2.75, 3.05) is 9.80 Å². The van der Waals surface area contributed by atoms with E-state index in [1.54, 1.807) is 0 Å². The highest BCUT2D eigenvalue weighted by Crippen LogP contribution is 2.68. The monoisotopic (exact) mass is 952 g/mol. The fraction of sp³-hybridized carbons (Fsp3) is 0.0857. The maximum atomic E-state index is 2.62. The van der Waals surface area contributed by atoms with E-state index in [-0.39, 0.29) is 22.7 Å². The average Bonchev–Trinajstić information content (AvgIpc) is 4.10. The second-order valence-electron chi connectivity index (χ2n) is 20.2. The van der Waals surface area contributed by atoms with Gasteiger partial charge in [-0.3, -0.25) is 0 Å². The van der Waals surface area contributed by atoms with Crippen LogP contribution in [0.2, 0.25) is 0 Å². The number of hydrogen-bond donors (Lipinski definition) is 0. The molecule has 3 heteroatoms. The highest BCUT2D eigenvalue weighted by Gasteiger charge is 2.58. The van der Waals surface area contributed by atoms with Gasteiger partial charge < -0.3 is 9.80 Å². The molecule has 14 rings (SSSR count). The van der Waals surface area contributed by atoms with Crippen LogP contribution in [0.25, 0.3) is 43.5 Å². The Hall–Kier alpha value is -8.50. The molecule has 1 spiro atoms. The van der Waals surface area contributed by atoms with Crippen LogP contribution < -0.4 is 9.80 Å². The molecule has 0 amide bonds. The van der Waals surface area contributed by atoms with Gasteiger partial charge in [0.05, 0.1) is 5.41 Å². The van der Waals surface area contributed by atoms with Crippen molar-refractivity contribution in [3.05, 3.63) is 306 Å². The molecule has 4 aliphatic carbocycles. The minimum atomic E-state index is -0.370. The Kier molecular flexibility index (Phi) is 10.3. The molecule has 9 aromatic carbocycles. The summed E-state index contributed by atoms with van der Waals surface area (Å²) in [6.07, 6.45) is 17.7. The first kappa shape index (κ1) is 43.3. The lowest BCUT2D eigenvalue weighted by atomic mass is 9.66. The van der Waals surface area contributed by atoms with Gasteiger partial charge >= 0.3 is 0 Å². The molecule has 4 aliphatic rings. The van der Waals surface area contributed by atoms with Crippen LogP contribution in [0.5, 0.6) is 0 Å². The normalized spacial score (nSPS) is 19.8. The molecule has 0 radical (unpaired) electrons. The molecule has 10 aromatic rings. The van der Waals surface area contributed by atoms with Crippen molar-refractivity contribution >= 4 is 49.9 Å². The first-order valence-electron chi connectivity index (χ1n) is 25.6. The number of fused-ring (bicyclic) bond motifs is 12. The highest BCUT2D eigenvalue weighted by atomic mass is 32.1. The number of nitrogens with zero attached hydrogens (tertiary/aromatic N) is 2. The standard InChI is InChI=1S/C70H52N2S/c1-69(44-42-58(43-45-69)72(55-24-12-5-13-25-55)57-36-30-49(31-37-57)48-18-6-2-7-19-48)52-35-41-61-65(47-52)70(68-67(61)62-27-15-17-29-66(62)73-68)63-28-16-14-26-59(63)60-40-34-51(46-64(60)70)50-32-38-56(39-33-50)71(53-20-8-3-9-21-53)54-22-10-4-11-23-54/h2-44,46-47,59,63H,45H2,1H3. The van der Waals surface area contributed by atoms with E-state index < -0.39 is 0 Å². The van der Waals surface area contributed by atoms with Crippen LogP contribution in [0.3, 0.4) is 0 Å². The first-order valence-corrected chi connectivity index (χ1v) is 26.4. The number of hydrogen-bond acceptors (Lipinski definition) is 3. The van der Waals surface area contributed by atoms with E-state index >= 15 is 0 Å². The van der Waals surface area contributed by atoms with Gasteiger partial charge in [0, 0.05) is 71.9 Å². The Morgan fingerprint density at radius 1 is 0.479 bits per heavy atom. The molecule has 0 saturated carbocycles. The molecule has 348 valence electrons. The smallest absolute Gasteiger partial charge is 0.0632 e. The van der Waals surface area contributed by atoms with E-state index in [1.165, 1.54) is 76.3 Å². The Labute approximate surface area is 432 Å². The van der Waals surface area contributed by atoms with Crippen molar-refractivity contribution in [3.63, 3.8) is 0 Å². The summed E-state index contributed by atoms with van der Waals surface area (Å²) in [5, 5.41) is 1.36. The highest BCUT2D eigenvalue weighted by molar-refractivity contribution is 7.20. The lowest BCUT2D eigenvalue weighted by Crippen LogP contribution is -2.33. The number of allylic oxidation sites excluding steroid dienone is 7. The van der Waals surface area contributed by atoms with Crippen LogP contribution in [-0.4, -0.2) is 0 Å². The van der Waals surface area contributed by atoms with Gasteiger partial charge in [-0.15, -0.1) is 11.3 Å². The number of anilines is 5. The molecule has 0 saturated heterocycles. The number of para-hydroxylation sites is 3. The van der Waals surface area contributed by atoms with E-state index in [2.05, 4.69) is 290 Å². The van der Waals surface area contributed by atoms with Crippen molar-refractivity contribution in [1.29, 1.82) is 0 Å². The predicted octanol–water partition coefficient (Wildman–Crippen LogP) is 18.8. The maximum Gasteiger partial charge on any atom is 0.0632 e. The molecule has 73 heavy (non-hydrogen) atoms. The van der Waals surface area contributed by atoms with E-state index in [4.69, 9.17) is 0 Å². The number of rotatable bonds is 9. The van der Waals surface area contributed by atoms with Gasteiger partial charge in [-0.25, -0.2) is 0 Å². The first-order chi connectivity index (χ1) is 36.0. The van der Waals surface area contributed by atoms with Crippen LogP contribution in [0.1, 0.15) is 46.4 Å². The molecule has 1 aromatic heterocycles. The molecule has 0 aliphatic heterocycles. The van der Waals surface area contributed by atoms with E-state index in [0.29, 0.717) is 0 Å². The van der Waals surface area contributed by atoms with Gasteiger partial charge in [-0.1, -0.05) is 201 Å². The fourth-order valence-electron chi connectivity index (χ4n) is 12.6. The van der Waals surface area contributed by atoms with Gasteiger partial charge in [0.15, 0.2) is 0 Å². The van der Waals surface area contributed by atoms with E-state index in [1.807, 2.05) is 11.3 Å². The van der Waals surface area contributed by atoms with Crippen LogP contribution in [0.15, 0.2) is 279 Å². The molecule has 2 nitrogen and oxygen atoms in total. The van der Waals surface area contributed by atoms with Crippen LogP contribution in [-0.2, 0) is 10.8 Å². The third-order valence-corrected chi connectivity index (χ3v) is 17.5. The third-order valence-electron chi connectivity index (χ3n) is 16.1. The maximum absolute atomic E-state index is 2.62. The molecule has 0 N–H and O–H groups in total. The molecule has 1 heterocycles. The molecular formula is C70H52N2S. The van der Waals surface area contributed by atoms with Crippen molar-refractivity contribution in [3.8, 4) is 33.4 Å². The minimum Gasteiger partial charge on any atom is -0.311 e. The van der Waals surface area contributed by atoms with Gasteiger partial charge in [-0.2, -0.15) is 0 Å². The number of thiophene rings is 1. The van der Waals surface area contributed by atoms with Crippen LogP contribution in [0.4, 0.5) is 28.4 Å². The van der Waals surface area contributed by atoms with Crippen molar-refractivity contribution in [2.24, 2.45) is 5.92 Å². The largest absolute Gasteiger partial charge is 0.311 e. The predicted molar refractivity (Wildman–Crippen MR) is 308 cm³/mol. The lowest BCUT2D eigenvalue weighted by molar-refractivity contribution is 0.470. The summed E-state index contributed by atoms with van der Waals surface area (Å²) in [6, 6.07) is 85.0. The van der Waals surface area contributed by atoms with E-state index in [9.17, 15) is 0 Å². The fourth-order valence-corrected chi connectivity index (χ4v) is 14.1. The second-order valence-corrected chi connectivity index (χ2v) is 21.3. The van der Waals surface area contributed by atoms with Crippen LogP contribution in [0, 0.1) is 5.92 Å². The Balaban J connectivity index is 0.872. The summed E-state index contributed by atoms with van der Waals surface area (Å²) in [5.74, 6) is 0.489. The molecule has 0 bridgehead atoms. The lowest BCUT2D eigenvalue weighted by Gasteiger charge is -2.37. The van der Waals surface area contributed by atoms with Crippen molar-refractivity contribution in [1.82, 2.24) is 0 Å². The van der Waals surface area contributed by atoms with Crippen molar-refractivity contribution < 1.29 is 0 Å². The summed E-state index contributed by atoms with van der Waals surface area (Å²) in [5.41, 5.74) is 19.6. The van der Waals surface area contributed by atoms with Gasteiger partial charge in [0.25, 0.3) is 0 Å². The number of benzene rings is 9. The summed E-state index contributed by atoms with van der Waals surface area (Å²) in [6.45, 7) is 2.43. The third kappa shape index (κ3) is 6.98. The Bertz CT molecular complexity index is 3790. The van der Waals surface area contributed by atoms with Crippen LogP contribution >= 0.6 is 11.3 Å². The Morgan fingerprint density at radius 3 is 1.68 bits per heavy atom. The second kappa shape index (κ2) is 17.4. The van der Waals surface area contributed by atoms with Gasteiger partial charge in [0.1, 0.15) is 0 Å². The summed E-state index contributed by atoms with van der Waals surface area (Å²) < 4.78 is 1.35. The quantitative estimate of drug-likeness (QED) is 0.142. The molecule has 4 atom stereocenters. The summed E-state index contributed by atoms with van der Waals surface area (Å²) in [7, 11) is 0. The zero-order chi connectivity index (χ0) is 48.5. The zero-order valence-electron chi connectivity index (χ0n) is 40.6. The topological polar surface area (TPSA) is 6.48 Å². The Morgan fingerprint density at radius 2 is 1.03 bits per heavy atom. The SMILES string of the molecule is CC1(c2ccc3c(c2)C2(c4cc(-c5ccc(N(c6ccccc6)c6ccccc6)cc5)ccc4C4C=CC=CC42)c2sc4ccccc4c2-3)C=CC(N(c2ccccc2)c2ccc(-c3ccccc3)cc2)=CC1. The summed E-state index contributed by atoms with van der Waals surface area (Å²) in [4.78, 5) is 6.22. The van der Waals surface area contributed by atoms with Gasteiger partial charge in [0.2, 0.25) is 0 Å². The summed E-state index contributed by atoms with van der Waals surface area (Å²) >= 11 is 2.01. The minimum absolute atomic E-state index is 0.225. The molecule has 0 fully saturated rings. The average molecular weight is 953 g/mol. The molecule has 4 unspecified atom stereocenters.